The lowest BCUT2D eigenvalue weighted by atomic mass is 9.98. The molecule has 1 fully saturated rings. The summed E-state index contributed by atoms with van der Waals surface area (Å²) in [6.45, 7) is 0.304. The zero-order valence-corrected chi connectivity index (χ0v) is 18.1. The number of carboxylic acid groups (broad SMARTS) is 1. The van der Waals surface area contributed by atoms with Gasteiger partial charge >= 0.3 is 12.1 Å². The summed E-state index contributed by atoms with van der Waals surface area (Å²) in [6, 6.07) is 15.0. The lowest BCUT2D eigenvalue weighted by molar-refractivity contribution is -0.142. The number of rotatable bonds is 8. The van der Waals surface area contributed by atoms with Gasteiger partial charge in [-0.05, 0) is 49.2 Å². The first-order valence-corrected chi connectivity index (χ1v) is 10.6. The summed E-state index contributed by atoms with van der Waals surface area (Å²) in [7, 11) is 3.45. The van der Waals surface area contributed by atoms with Gasteiger partial charge in [-0.3, -0.25) is 4.79 Å². The van der Waals surface area contributed by atoms with E-state index in [4.69, 9.17) is 4.74 Å². The molecule has 2 aliphatic rings. The fraction of sp³-hybridized carbons (Fsp3) is 0.375. The first-order valence-electron chi connectivity index (χ1n) is 10.6. The van der Waals surface area contributed by atoms with Crippen LogP contribution in [-0.2, 0) is 14.3 Å². The summed E-state index contributed by atoms with van der Waals surface area (Å²) in [5.41, 5.74) is 3.37. The molecule has 0 unspecified atom stereocenters. The Morgan fingerprint density at radius 2 is 1.62 bits per heavy atom. The second-order valence-electron chi connectivity index (χ2n) is 8.66. The van der Waals surface area contributed by atoms with E-state index in [1.54, 1.807) is 19.0 Å². The number of alkyl carbamates (subject to hydrolysis) is 1. The molecule has 2 aliphatic carbocycles. The van der Waals surface area contributed by atoms with E-state index in [0.717, 1.165) is 22.3 Å². The molecule has 1 atom stereocenters. The van der Waals surface area contributed by atoms with Crippen LogP contribution >= 0.6 is 0 Å². The molecule has 8 nitrogen and oxygen atoms in total. The number of hydrogen-bond donors (Lipinski definition) is 3. The Labute approximate surface area is 186 Å². The maximum Gasteiger partial charge on any atom is 0.408 e. The normalized spacial score (nSPS) is 16.6. The second kappa shape index (κ2) is 8.63. The second-order valence-corrected chi connectivity index (χ2v) is 8.66. The van der Waals surface area contributed by atoms with Gasteiger partial charge in [-0.2, -0.15) is 0 Å². The highest BCUT2D eigenvalue weighted by atomic mass is 16.5. The van der Waals surface area contributed by atoms with E-state index in [9.17, 15) is 19.5 Å². The number of likely N-dealkylation sites (N-methyl/N-ethyl adjacent to an activating group) is 1. The number of carboxylic acids is 1. The van der Waals surface area contributed by atoms with Gasteiger partial charge in [-0.1, -0.05) is 48.5 Å². The Morgan fingerprint density at radius 3 is 2.12 bits per heavy atom. The van der Waals surface area contributed by atoms with Crippen molar-refractivity contribution in [1.29, 1.82) is 0 Å². The van der Waals surface area contributed by atoms with Crippen LogP contribution in [0.1, 0.15) is 29.9 Å². The van der Waals surface area contributed by atoms with Crippen LogP contribution in [0.4, 0.5) is 4.79 Å². The average Bonchev–Trinajstić information content (AvgIpc) is 3.47. The van der Waals surface area contributed by atoms with Crippen LogP contribution in [-0.4, -0.2) is 66.8 Å². The summed E-state index contributed by atoms with van der Waals surface area (Å²) < 4.78 is 5.53. The van der Waals surface area contributed by atoms with E-state index < -0.39 is 29.6 Å². The van der Waals surface area contributed by atoms with Crippen molar-refractivity contribution >= 4 is 18.0 Å². The van der Waals surface area contributed by atoms with Crippen molar-refractivity contribution in [1.82, 2.24) is 15.5 Å². The first-order chi connectivity index (χ1) is 15.3. The number of aliphatic carboxylic acids is 1. The van der Waals surface area contributed by atoms with Gasteiger partial charge in [0.05, 0.1) is 0 Å². The molecule has 0 aliphatic heterocycles. The highest BCUT2D eigenvalue weighted by Gasteiger charge is 2.52. The summed E-state index contributed by atoms with van der Waals surface area (Å²) in [4.78, 5) is 38.3. The average molecular weight is 437 g/mol. The van der Waals surface area contributed by atoms with Gasteiger partial charge in [0.25, 0.3) is 0 Å². The molecule has 3 N–H and O–H groups in total. The molecule has 0 heterocycles. The van der Waals surface area contributed by atoms with Crippen molar-refractivity contribution in [3.05, 3.63) is 59.7 Å². The van der Waals surface area contributed by atoms with Crippen molar-refractivity contribution in [3.63, 3.8) is 0 Å². The topological polar surface area (TPSA) is 108 Å². The molecular weight excluding hydrogens is 410 g/mol. The smallest absolute Gasteiger partial charge is 0.408 e. The molecule has 168 valence electrons. The van der Waals surface area contributed by atoms with Crippen LogP contribution in [0.3, 0.4) is 0 Å². The van der Waals surface area contributed by atoms with E-state index in [-0.39, 0.29) is 19.1 Å². The third-order valence-corrected chi connectivity index (χ3v) is 6.02. The van der Waals surface area contributed by atoms with E-state index in [1.165, 1.54) is 0 Å². The minimum atomic E-state index is -1.12. The number of carbonyl (C=O) groups excluding carboxylic acids is 2. The first kappa shape index (κ1) is 21.8. The van der Waals surface area contributed by atoms with Gasteiger partial charge < -0.3 is 25.4 Å². The van der Waals surface area contributed by atoms with Crippen molar-refractivity contribution < 1.29 is 24.2 Å². The predicted octanol–water partition coefficient (Wildman–Crippen LogP) is 2.19. The van der Waals surface area contributed by atoms with E-state index in [2.05, 4.69) is 22.8 Å². The largest absolute Gasteiger partial charge is 0.480 e. The van der Waals surface area contributed by atoms with Crippen molar-refractivity contribution in [2.24, 2.45) is 0 Å². The minimum Gasteiger partial charge on any atom is -0.480 e. The molecule has 8 heteroatoms. The van der Waals surface area contributed by atoms with Crippen LogP contribution in [0.5, 0.6) is 0 Å². The zero-order chi connectivity index (χ0) is 22.9. The number of ether oxygens (including phenoxy) is 1. The quantitative estimate of drug-likeness (QED) is 0.584. The maximum absolute atomic E-state index is 12.7. The van der Waals surface area contributed by atoms with E-state index >= 15 is 0 Å². The molecule has 0 radical (unpaired) electrons. The van der Waals surface area contributed by atoms with Gasteiger partial charge in [-0.25, -0.2) is 9.59 Å². The number of carbonyl (C=O) groups is 3. The van der Waals surface area contributed by atoms with Gasteiger partial charge in [0.15, 0.2) is 0 Å². The number of fused-ring (bicyclic) bond motifs is 3. The molecule has 2 amide bonds. The van der Waals surface area contributed by atoms with Crippen LogP contribution in [0.2, 0.25) is 0 Å². The molecule has 32 heavy (non-hydrogen) atoms. The Morgan fingerprint density at radius 1 is 1.06 bits per heavy atom. The van der Waals surface area contributed by atoms with Crippen LogP contribution in [0, 0.1) is 0 Å². The Kier molecular flexibility index (Phi) is 5.88. The summed E-state index contributed by atoms with van der Waals surface area (Å²) in [5, 5.41) is 14.5. The van der Waals surface area contributed by atoms with Crippen molar-refractivity contribution in [2.45, 2.75) is 30.3 Å². The Hall–Kier alpha value is -3.39. The van der Waals surface area contributed by atoms with Gasteiger partial charge in [-0.15, -0.1) is 0 Å². The Balaban J connectivity index is 1.38. The fourth-order valence-corrected chi connectivity index (χ4v) is 4.21. The number of nitrogens with zero attached hydrogens (tertiary/aromatic N) is 1. The summed E-state index contributed by atoms with van der Waals surface area (Å²) in [6.07, 6.45) is 0.202. The molecule has 0 bridgehead atoms. The molecular formula is C24H27N3O5. The molecule has 1 saturated carbocycles. The van der Waals surface area contributed by atoms with Gasteiger partial charge in [0, 0.05) is 12.5 Å². The van der Waals surface area contributed by atoms with Crippen molar-refractivity contribution in [3.8, 4) is 11.1 Å². The number of benzene rings is 2. The molecule has 4 rings (SSSR count). The summed E-state index contributed by atoms with van der Waals surface area (Å²) >= 11 is 0. The molecule has 0 aromatic heterocycles. The summed E-state index contributed by atoms with van der Waals surface area (Å²) in [5.74, 6) is -1.70. The number of amides is 2. The van der Waals surface area contributed by atoms with Crippen LogP contribution in [0.15, 0.2) is 48.5 Å². The standard InChI is InChI=1S/C24H27N3O5/c1-27(2)13-20(21(28)29)25-22(30)24(11-12-24)26-23(31)32-14-19-17-9-5-3-7-15(17)16-8-4-6-10-18(16)19/h3-10,19-20H,11-14H2,1-2H3,(H,25,30)(H,26,31)(H,28,29)/t20-/m0/s1. The highest BCUT2D eigenvalue weighted by Crippen LogP contribution is 2.44. The lowest BCUT2D eigenvalue weighted by Gasteiger charge is -2.23. The van der Waals surface area contributed by atoms with E-state index in [1.807, 2.05) is 36.4 Å². The third kappa shape index (κ3) is 4.31. The van der Waals surface area contributed by atoms with Gasteiger partial charge in [0.1, 0.15) is 18.2 Å². The van der Waals surface area contributed by atoms with Crippen LogP contribution in [0.25, 0.3) is 11.1 Å². The number of hydrogen-bond acceptors (Lipinski definition) is 5. The monoisotopic (exact) mass is 437 g/mol. The van der Waals surface area contributed by atoms with Gasteiger partial charge in [0.2, 0.25) is 5.91 Å². The molecule has 0 spiro atoms. The maximum atomic E-state index is 12.7. The predicted molar refractivity (Wildman–Crippen MR) is 118 cm³/mol. The Bertz CT molecular complexity index is 1000. The third-order valence-electron chi connectivity index (χ3n) is 6.02. The molecule has 0 saturated heterocycles. The SMILES string of the molecule is CN(C)C[C@H](NC(=O)C1(NC(=O)OCC2c3ccccc3-c3ccccc32)CC1)C(=O)O. The van der Waals surface area contributed by atoms with Crippen LogP contribution < -0.4 is 10.6 Å². The minimum absolute atomic E-state index is 0.0754. The molecule has 2 aromatic carbocycles. The van der Waals surface area contributed by atoms with Crippen molar-refractivity contribution in [2.75, 3.05) is 27.2 Å². The highest BCUT2D eigenvalue weighted by molar-refractivity contribution is 5.95. The zero-order valence-electron chi connectivity index (χ0n) is 18.1. The molecule has 2 aromatic rings. The lowest BCUT2D eigenvalue weighted by Crippen LogP contribution is -2.55. The fourth-order valence-electron chi connectivity index (χ4n) is 4.21. The van der Waals surface area contributed by atoms with E-state index in [0.29, 0.717) is 12.8 Å². The number of nitrogens with one attached hydrogen (secondary N) is 2.